The molecule has 1 saturated carbocycles. The fourth-order valence-electron chi connectivity index (χ4n) is 1.55. The molecule has 15 heavy (non-hydrogen) atoms. The normalized spacial score (nSPS) is 15.0. The van der Waals surface area contributed by atoms with Crippen molar-refractivity contribution in [3.63, 3.8) is 0 Å². The van der Waals surface area contributed by atoms with E-state index in [-0.39, 0.29) is 11.7 Å². The second-order valence-electron chi connectivity index (χ2n) is 4.12. The van der Waals surface area contributed by atoms with Crippen molar-refractivity contribution in [3.05, 3.63) is 24.3 Å². The number of anilines is 1. The molecule has 1 aromatic rings. The quantitative estimate of drug-likeness (QED) is 0.821. The Kier molecular flexibility index (Phi) is 2.62. The first-order valence-electron chi connectivity index (χ1n) is 5.22. The van der Waals surface area contributed by atoms with Crippen LogP contribution in [0.4, 0.5) is 5.69 Å². The molecule has 3 heteroatoms. The van der Waals surface area contributed by atoms with Crippen molar-refractivity contribution in [2.45, 2.75) is 19.3 Å². The lowest BCUT2D eigenvalue weighted by atomic mass is 10.2. The lowest BCUT2D eigenvalue weighted by molar-refractivity contribution is -0.118. The first-order chi connectivity index (χ1) is 7.16. The Morgan fingerprint density at radius 2 is 2.27 bits per heavy atom. The first-order valence-corrected chi connectivity index (χ1v) is 5.22. The van der Waals surface area contributed by atoms with Crippen molar-refractivity contribution >= 4 is 11.6 Å². The molecule has 0 heterocycles. The average molecular weight is 205 g/mol. The molecule has 1 N–H and O–H groups in total. The van der Waals surface area contributed by atoms with Gasteiger partial charge in [-0.1, -0.05) is 6.07 Å². The summed E-state index contributed by atoms with van der Waals surface area (Å²) in [6.07, 6.45) is 2.99. The van der Waals surface area contributed by atoms with Gasteiger partial charge in [0.2, 0.25) is 5.91 Å². The number of carbonyl (C=O) groups excluding carboxylic acids is 1. The van der Waals surface area contributed by atoms with Crippen LogP contribution in [0, 0.1) is 5.92 Å². The summed E-state index contributed by atoms with van der Waals surface area (Å²) in [5, 5.41) is 9.30. The number of aromatic hydroxyl groups is 1. The smallest absolute Gasteiger partial charge is 0.226 e. The van der Waals surface area contributed by atoms with E-state index in [1.807, 2.05) is 6.07 Å². The third-order valence-electron chi connectivity index (χ3n) is 2.75. The second kappa shape index (κ2) is 3.93. The number of hydrogen-bond donors (Lipinski definition) is 1. The molecule has 2 rings (SSSR count). The van der Waals surface area contributed by atoms with E-state index in [0.717, 1.165) is 5.69 Å². The Hall–Kier alpha value is -1.51. The van der Waals surface area contributed by atoms with Gasteiger partial charge in [0.25, 0.3) is 0 Å². The van der Waals surface area contributed by atoms with Crippen LogP contribution in [-0.2, 0) is 4.79 Å². The van der Waals surface area contributed by atoms with Gasteiger partial charge in [0.15, 0.2) is 0 Å². The summed E-state index contributed by atoms with van der Waals surface area (Å²) in [4.78, 5) is 13.4. The van der Waals surface area contributed by atoms with Crippen molar-refractivity contribution < 1.29 is 9.90 Å². The largest absolute Gasteiger partial charge is 0.508 e. The third-order valence-corrected chi connectivity index (χ3v) is 2.75. The maximum absolute atomic E-state index is 11.7. The Morgan fingerprint density at radius 1 is 1.53 bits per heavy atom. The summed E-state index contributed by atoms with van der Waals surface area (Å²) >= 11 is 0. The van der Waals surface area contributed by atoms with Crippen molar-refractivity contribution in [2.75, 3.05) is 11.9 Å². The van der Waals surface area contributed by atoms with Crippen LogP contribution in [0.3, 0.4) is 0 Å². The molecule has 80 valence electrons. The molecule has 0 spiro atoms. The van der Waals surface area contributed by atoms with Gasteiger partial charge in [-0.25, -0.2) is 0 Å². The van der Waals surface area contributed by atoms with E-state index in [1.54, 1.807) is 30.1 Å². The molecule has 1 aliphatic carbocycles. The lowest BCUT2D eigenvalue weighted by Gasteiger charge is -2.17. The molecular formula is C12H15NO2. The number of nitrogens with zero attached hydrogens (tertiary/aromatic N) is 1. The van der Waals surface area contributed by atoms with E-state index < -0.39 is 0 Å². The highest BCUT2D eigenvalue weighted by Crippen LogP contribution is 2.33. The van der Waals surface area contributed by atoms with Gasteiger partial charge in [-0.3, -0.25) is 4.79 Å². The van der Waals surface area contributed by atoms with Gasteiger partial charge in [0, 0.05) is 25.2 Å². The fraction of sp³-hybridized carbons (Fsp3) is 0.417. The maximum Gasteiger partial charge on any atom is 0.226 e. The van der Waals surface area contributed by atoms with Crippen LogP contribution < -0.4 is 4.90 Å². The van der Waals surface area contributed by atoms with E-state index in [2.05, 4.69) is 0 Å². The summed E-state index contributed by atoms with van der Waals surface area (Å²) in [5.41, 5.74) is 0.751. The minimum absolute atomic E-state index is 0.128. The van der Waals surface area contributed by atoms with Crippen LogP contribution in [0.15, 0.2) is 24.3 Å². The number of hydrogen-bond acceptors (Lipinski definition) is 2. The summed E-state index contributed by atoms with van der Waals surface area (Å²) in [6, 6.07) is 6.77. The molecule has 0 bridgehead atoms. The van der Waals surface area contributed by atoms with E-state index >= 15 is 0 Å². The SMILES string of the molecule is CN(C(=O)CC1CC1)c1cccc(O)c1. The molecule has 0 saturated heterocycles. The standard InChI is InChI=1S/C12H15NO2/c1-13(12(15)7-9-5-6-9)10-3-2-4-11(14)8-10/h2-4,8-9,14H,5-7H2,1H3. The van der Waals surface area contributed by atoms with Crippen LogP contribution >= 0.6 is 0 Å². The fourth-order valence-corrected chi connectivity index (χ4v) is 1.55. The molecule has 1 aliphatic rings. The van der Waals surface area contributed by atoms with Crippen LogP contribution in [0.5, 0.6) is 5.75 Å². The Balaban J connectivity index is 2.05. The summed E-state index contributed by atoms with van der Waals surface area (Å²) in [5.74, 6) is 0.916. The Bertz CT molecular complexity index is 372. The molecule has 0 atom stereocenters. The zero-order chi connectivity index (χ0) is 10.8. The maximum atomic E-state index is 11.7. The first kappa shape index (κ1) is 10.0. The van der Waals surface area contributed by atoms with E-state index in [4.69, 9.17) is 0 Å². The predicted octanol–water partition coefficient (Wildman–Crippen LogP) is 2.16. The minimum atomic E-state index is 0.128. The van der Waals surface area contributed by atoms with Crippen molar-refractivity contribution in [1.82, 2.24) is 0 Å². The lowest BCUT2D eigenvalue weighted by Crippen LogP contribution is -2.26. The molecular weight excluding hydrogens is 190 g/mol. The highest BCUT2D eigenvalue weighted by molar-refractivity contribution is 5.93. The number of rotatable bonds is 3. The van der Waals surface area contributed by atoms with Crippen molar-refractivity contribution in [1.29, 1.82) is 0 Å². The highest BCUT2D eigenvalue weighted by atomic mass is 16.3. The Morgan fingerprint density at radius 3 is 2.87 bits per heavy atom. The van der Waals surface area contributed by atoms with Crippen LogP contribution in [0.2, 0.25) is 0 Å². The van der Waals surface area contributed by atoms with Gasteiger partial charge >= 0.3 is 0 Å². The Labute approximate surface area is 89.3 Å². The second-order valence-corrected chi connectivity index (χ2v) is 4.12. The number of amides is 1. The molecule has 0 aliphatic heterocycles. The molecule has 0 unspecified atom stereocenters. The molecule has 0 radical (unpaired) electrons. The summed E-state index contributed by atoms with van der Waals surface area (Å²) < 4.78 is 0. The molecule has 1 aromatic carbocycles. The minimum Gasteiger partial charge on any atom is -0.508 e. The number of phenolic OH excluding ortho intramolecular Hbond substituents is 1. The van der Waals surface area contributed by atoms with Crippen LogP contribution in [0.25, 0.3) is 0 Å². The zero-order valence-electron chi connectivity index (χ0n) is 8.81. The van der Waals surface area contributed by atoms with Gasteiger partial charge in [-0.2, -0.15) is 0 Å². The van der Waals surface area contributed by atoms with Gasteiger partial charge < -0.3 is 10.0 Å². The molecule has 3 nitrogen and oxygen atoms in total. The van der Waals surface area contributed by atoms with E-state index in [0.29, 0.717) is 12.3 Å². The van der Waals surface area contributed by atoms with Gasteiger partial charge in [0.1, 0.15) is 5.75 Å². The topological polar surface area (TPSA) is 40.5 Å². The van der Waals surface area contributed by atoms with Gasteiger partial charge in [-0.15, -0.1) is 0 Å². The van der Waals surface area contributed by atoms with Crippen molar-refractivity contribution in [3.8, 4) is 5.75 Å². The molecule has 0 aromatic heterocycles. The average Bonchev–Trinajstić information content (AvgIpc) is 3.00. The van der Waals surface area contributed by atoms with Gasteiger partial charge in [-0.05, 0) is 30.9 Å². The van der Waals surface area contributed by atoms with Crippen molar-refractivity contribution in [2.24, 2.45) is 5.92 Å². The van der Waals surface area contributed by atoms with Crippen LogP contribution in [-0.4, -0.2) is 18.1 Å². The van der Waals surface area contributed by atoms with Gasteiger partial charge in [0.05, 0.1) is 0 Å². The summed E-state index contributed by atoms with van der Waals surface area (Å²) in [7, 11) is 1.75. The molecule has 1 fully saturated rings. The number of carbonyl (C=O) groups is 1. The zero-order valence-corrected chi connectivity index (χ0v) is 8.81. The van der Waals surface area contributed by atoms with E-state index in [1.165, 1.54) is 12.8 Å². The summed E-state index contributed by atoms with van der Waals surface area (Å²) in [6.45, 7) is 0. The highest BCUT2D eigenvalue weighted by Gasteiger charge is 2.26. The predicted molar refractivity (Wildman–Crippen MR) is 58.9 cm³/mol. The van der Waals surface area contributed by atoms with E-state index in [9.17, 15) is 9.90 Å². The number of phenols is 1. The molecule has 1 amide bonds. The number of benzene rings is 1. The third kappa shape index (κ3) is 2.49. The monoisotopic (exact) mass is 205 g/mol. The van der Waals surface area contributed by atoms with Crippen LogP contribution in [0.1, 0.15) is 19.3 Å².